The maximum atomic E-state index is 3.50. The fourth-order valence-corrected chi connectivity index (χ4v) is 2.13. The molecule has 0 N–H and O–H groups in total. The zero-order valence-electron chi connectivity index (χ0n) is 10.4. The number of fused-ring (bicyclic) bond motifs is 1. The molecule has 0 radical (unpaired) electrons. The van der Waals surface area contributed by atoms with Crippen LogP contribution in [-0.2, 0) is 24.7 Å². The van der Waals surface area contributed by atoms with Gasteiger partial charge in [-0.15, -0.1) is 0 Å². The molecule has 0 amide bonds. The third-order valence-corrected chi connectivity index (χ3v) is 3.04. The molecule has 3 heteroatoms. The standard InChI is InChI=1S/C9H7.2C2H6N.Zr/c1-2-5-9-7-3-6-8(9)4-1;2*1-3-2;/h1-7H;2*1-2H3;/q;2*-1;+2. The molecule has 1 aromatic rings. The summed E-state index contributed by atoms with van der Waals surface area (Å²) in [5, 5.41) is 7.00. The fraction of sp³-hybridized carbons (Fsp3) is 0.385. The normalized spacial score (nSPS) is 15.5. The topological polar surface area (TPSA) is 28.2 Å². The maximum absolute atomic E-state index is 3.50. The third kappa shape index (κ3) is 5.74. The quantitative estimate of drug-likeness (QED) is 0.700. The van der Waals surface area contributed by atoms with Gasteiger partial charge in [0.2, 0.25) is 0 Å². The van der Waals surface area contributed by atoms with Crippen molar-refractivity contribution in [2.45, 2.75) is 3.63 Å². The predicted molar refractivity (Wildman–Crippen MR) is 68.6 cm³/mol. The van der Waals surface area contributed by atoms with Crippen molar-refractivity contribution in [2.75, 3.05) is 28.2 Å². The van der Waals surface area contributed by atoms with Gasteiger partial charge in [0.05, 0.1) is 0 Å². The molecule has 0 aromatic heterocycles. The van der Waals surface area contributed by atoms with Gasteiger partial charge in [-0.2, -0.15) is 28.2 Å². The average Bonchev–Trinajstić information content (AvgIpc) is 2.64. The Hall–Kier alpha value is -0.237. The second kappa shape index (κ2) is 9.95. The van der Waals surface area contributed by atoms with Crippen molar-refractivity contribution in [1.29, 1.82) is 0 Å². The van der Waals surface area contributed by atoms with Gasteiger partial charge in [-0.3, -0.25) is 0 Å². The van der Waals surface area contributed by atoms with Crippen LogP contribution in [-0.4, -0.2) is 28.2 Å². The van der Waals surface area contributed by atoms with Crippen molar-refractivity contribution in [2.24, 2.45) is 0 Å². The Kier molecular flexibility index (Phi) is 9.80. The summed E-state index contributed by atoms with van der Waals surface area (Å²) in [5.41, 5.74) is 2.91. The minimum atomic E-state index is 0.711. The molecule has 2 rings (SSSR count). The zero-order chi connectivity index (χ0) is 12.4. The first-order chi connectivity index (χ1) is 7.71. The molecule has 0 spiro atoms. The molecule has 16 heavy (non-hydrogen) atoms. The summed E-state index contributed by atoms with van der Waals surface area (Å²) in [4.78, 5) is 0. The summed E-state index contributed by atoms with van der Waals surface area (Å²) < 4.78 is 0.711. The van der Waals surface area contributed by atoms with Crippen LogP contribution < -0.4 is 0 Å². The molecule has 1 unspecified atom stereocenters. The van der Waals surface area contributed by atoms with Crippen molar-refractivity contribution in [3.63, 3.8) is 0 Å². The summed E-state index contributed by atoms with van der Waals surface area (Å²) in [6.07, 6.45) is 4.50. The van der Waals surface area contributed by atoms with E-state index in [-0.39, 0.29) is 0 Å². The number of benzene rings is 1. The molecule has 1 aliphatic rings. The zero-order valence-corrected chi connectivity index (χ0v) is 12.9. The van der Waals surface area contributed by atoms with Crippen LogP contribution in [0.25, 0.3) is 16.7 Å². The van der Waals surface area contributed by atoms with Crippen LogP contribution in [0.15, 0.2) is 30.3 Å². The summed E-state index contributed by atoms with van der Waals surface area (Å²) in [5.74, 6) is 0. The van der Waals surface area contributed by atoms with Gasteiger partial charge in [0, 0.05) is 0 Å². The van der Waals surface area contributed by atoms with Crippen molar-refractivity contribution in [3.8, 4) is 0 Å². The number of allylic oxidation sites excluding steroid dienone is 1. The van der Waals surface area contributed by atoms with Crippen LogP contribution in [0.4, 0.5) is 0 Å². The molecule has 1 atom stereocenters. The van der Waals surface area contributed by atoms with E-state index in [2.05, 4.69) is 47.1 Å². The Morgan fingerprint density at radius 1 is 1.00 bits per heavy atom. The fourth-order valence-electron chi connectivity index (χ4n) is 1.25. The van der Waals surface area contributed by atoms with E-state index in [0.29, 0.717) is 3.63 Å². The van der Waals surface area contributed by atoms with Crippen molar-refractivity contribution in [1.82, 2.24) is 0 Å². The second-order valence-electron chi connectivity index (χ2n) is 3.36. The van der Waals surface area contributed by atoms with Crippen molar-refractivity contribution in [3.05, 3.63) is 52.1 Å². The van der Waals surface area contributed by atoms with E-state index in [1.807, 2.05) is 0 Å². The third-order valence-electron chi connectivity index (χ3n) is 1.80. The molecule has 85 valence electrons. The van der Waals surface area contributed by atoms with Gasteiger partial charge in [0.25, 0.3) is 0 Å². The van der Waals surface area contributed by atoms with Crippen LogP contribution >= 0.6 is 0 Å². The molecule has 0 aliphatic heterocycles. The number of nitrogens with zero attached hydrogens (tertiary/aromatic N) is 2. The molecule has 1 aromatic carbocycles. The van der Waals surface area contributed by atoms with E-state index >= 15 is 0 Å². The van der Waals surface area contributed by atoms with Crippen LogP contribution in [0.3, 0.4) is 0 Å². The van der Waals surface area contributed by atoms with Crippen LogP contribution in [0.5, 0.6) is 0 Å². The summed E-state index contributed by atoms with van der Waals surface area (Å²) in [6.45, 7) is 0. The molecule has 0 saturated heterocycles. The Bertz CT molecular complexity index is 309. The van der Waals surface area contributed by atoms with Crippen LogP contribution in [0.2, 0.25) is 0 Å². The molecule has 1 aliphatic carbocycles. The summed E-state index contributed by atoms with van der Waals surface area (Å²) >= 11 is 1.59. The summed E-state index contributed by atoms with van der Waals surface area (Å²) in [6, 6.07) is 8.60. The molecule has 2 nitrogen and oxygen atoms in total. The van der Waals surface area contributed by atoms with Gasteiger partial charge in [0.15, 0.2) is 0 Å². The minimum absolute atomic E-state index is 0.711. The molecular weight excluding hydrogens is 275 g/mol. The van der Waals surface area contributed by atoms with Gasteiger partial charge in [0.1, 0.15) is 0 Å². The Balaban J connectivity index is 0.000000321. The first-order valence-corrected chi connectivity index (χ1v) is 6.57. The second-order valence-corrected chi connectivity index (χ2v) is 4.89. The Morgan fingerprint density at radius 3 is 2.00 bits per heavy atom. The average molecular weight is 295 g/mol. The first kappa shape index (κ1) is 15.8. The molecule has 0 fully saturated rings. The molecule has 0 heterocycles. The number of rotatable bonds is 0. The van der Waals surface area contributed by atoms with E-state index in [1.54, 1.807) is 52.9 Å². The van der Waals surface area contributed by atoms with Gasteiger partial charge in [-0.05, 0) is 0 Å². The van der Waals surface area contributed by atoms with Gasteiger partial charge >= 0.3 is 75.9 Å². The molecule has 0 saturated carbocycles. The van der Waals surface area contributed by atoms with E-state index in [0.717, 1.165) is 0 Å². The van der Waals surface area contributed by atoms with Crippen LogP contribution in [0, 0.1) is 0 Å². The monoisotopic (exact) mass is 293 g/mol. The predicted octanol–water partition coefficient (Wildman–Crippen LogP) is 3.54. The Labute approximate surface area is 114 Å². The first-order valence-electron chi connectivity index (χ1n) is 5.15. The van der Waals surface area contributed by atoms with Crippen LogP contribution in [0.1, 0.15) is 14.8 Å². The van der Waals surface area contributed by atoms with Gasteiger partial charge in [-0.25, -0.2) is 0 Å². The van der Waals surface area contributed by atoms with Crippen molar-refractivity contribution >= 4 is 6.08 Å². The Morgan fingerprint density at radius 2 is 1.50 bits per heavy atom. The van der Waals surface area contributed by atoms with Crippen molar-refractivity contribution < 1.29 is 24.7 Å². The number of hydrogen-bond acceptors (Lipinski definition) is 0. The number of hydrogen-bond donors (Lipinski definition) is 0. The SMILES string of the molecule is C[N-]C.C[N-]C.[Zr+2][CH]1C=Cc2ccccc21. The summed E-state index contributed by atoms with van der Waals surface area (Å²) in [7, 11) is 7.00. The molecular formula is C13H19N2Zr. The van der Waals surface area contributed by atoms with E-state index in [4.69, 9.17) is 0 Å². The van der Waals surface area contributed by atoms with E-state index in [1.165, 1.54) is 11.1 Å². The molecule has 0 bridgehead atoms. The van der Waals surface area contributed by atoms with Gasteiger partial charge < -0.3 is 10.6 Å². The van der Waals surface area contributed by atoms with Gasteiger partial charge in [-0.1, -0.05) is 0 Å². The van der Waals surface area contributed by atoms with E-state index in [9.17, 15) is 0 Å². The van der Waals surface area contributed by atoms with E-state index < -0.39 is 0 Å².